The summed E-state index contributed by atoms with van der Waals surface area (Å²) in [5.41, 5.74) is 1.52. The standard InChI is InChI=1S/C15H14N4O2S/c1-9-11-14(18-8-19(2)15(11)21)22-12(9)13(20)17-7-10-3-5-16-6-4-10/h3-6,8H,7H2,1-2H3,(H,17,20). The van der Waals surface area contributed by atoms with Gasteiger partial charge in [0, 0.05) is 26.0 Å². The topological polar surface area (TPSA) is 76.9 Å². The van der Waals surface area contributed by atoms with E-state index in [0.717, 1.165) is 5.56 Å². The zero-order valence-corrected chi connectivity index (χ0v) is 13.0. The van der Waals surface area contributed by atoms with Crippen molar-refractivity contribution in [2.45, 2.75) is 13.5 Å². The van der Waals surface area contributed by atoms with E-state index >= 15 is 0 Å². The number of pyridine rings is 1. The molecule has 0 unspecified atom stereocenters. The fourth-order valence-electron chi connectivity index (χ4n) is 2.19. The molecule has 0 saturated carbocycles. The average Bonchev–Trinajstić information content (AvgIpc) is 2.87. The van der Waals surface area contributed by atoms with Crippen molar-refractivity contribution >= 4 is 27.5 Å². The minimum Gasteiger partial charge on any atom is -0.347 e. The van der Waals surface area contributed by atoms with Gasteiger partial charge < -0.3 is 9.88 Å². The Hall–Kier alpha value is -2.54. The van der Waals surface area contributed by atoms with Crippen molar-refractivity contribution in [3.8, 4) is 0 Å². The Kier molecular flexibility index (Phi) is 3.72. The lowest BCUT2D eigenvalue weighted by Gasteiger charge is -2.04. The summed E-state index contributed by atoms with van der Waals surface area (Å²) in [6, 6.07) is 3.69. The van der Waals surface area contributed by atoms with Crippen molar-refractivity contribution in [1.29, 1.82) is 0 Å². The van der Waals surface area contributed by atoms with E-state index in [1.54, 1.807) is 26.4 Å². The molecular weight excluding hydrogens is 300 g/mol. The number of hydrogen-bond donors (Lipinski definition) is 1. The first kappa shape index (κ1) is 14.4. The van der Waals surface area contributed by atoms with Crippen LogP contribution in [0, 0.1) is 6.92 Å². The second-order valence-corrected chi connectivity index (χ2v) is 5.93. The van der Waals surface area contributed by atoms with Gasteiger partial charge in [-0.15, -0.1) is 11.3 Å². The average molecular weight is 314 g/mol. The Morgan fingerprint density at radius 3 is 2.82 bits per heavy atom. The third-order valence-corrected chi connectivity index (χ3v) is 4.62. The minimum absolute atomic E-state index is 0.132. The van der Waals surface area contributed by atoms with Gasteiger partial charge in [-0.3, -0.25) is 14.6 Å². The van der Waals surface area contributed by atoms with E-state index in [9.17, 15) is 9.59 Å². The molecule has 1 N–H and O–H groups in total. The van der Waals surface area contributed by atoms with Crippen molar-refractivity contribution < 1.29 is 4.79 Å². The molecule has 0 bridgehead atoms. The van der Waals surface area contributed by atoms with Crippen LogP contribution in [0.3, 0.4) is 0 Å². The summed E-state index contributed by atoms with van der Waals surface area (Å²) in [6.45, 7) is 2.20. The second-order valence-electron chi connectivity index (χ2n) is 4.94. The zero-order chi connectivity index (χ0) is 15.7. The van der Waals surface area contributed by atoms with E-state index in [0.29, 0.717) is 27.2 Å². The summed E-state index contributed by atoms with van der Waals surface area (Å²) in [4.78, 5) is 33.8. The Balaban J connectivity index is 1.90. The van der Waals surface area contributed by atoms with Gasteiger partial charge in [-0.1, -0.05) is 0 Å². The van der Waals surface area contributed by atoms with Crippen molar-refractivity contribution in [2.24, 2.45) is 7.05 Å². The molecule has 0 radical (unpaired) electrons. The minimum atomic E-state index is -0.195. The number of aryl methyl sites for hydroxylation is 2. The highest BCUT2D eigenvalue weighted by atomic mass is 32.1. The molecule has 3 heterocycles. The van der Waals surface area contributed by atoms with Crippen LogP contribution in [-0.4, -0.2) is 20.4 Å². The quantitative estimate of drug-likeness (QED) is 0.797. The van der Waals surface area contributed by atoms with E-state index in [1.165, 1.54) is 22.2 Å². The molecule has 3 rings (SSSR count). The number of thiophene rings is 1. The zero-order valence-electron chi connectivity index (χ0n) is 12.2. The molecule has 0 fully saturated rings. The predicted octanol–water partition coefficient (Wildman–Crippen LogP) is 1.63. The van der Waals surface area contributed by atoms with Gasteiger partial charge in [0.15, 0.2) is 0 Å². The summed E-state index contributed by atoms with van der Waals surface area (Å²) in [5.74, 6) is -0.195. The molecular formula is C15H14N4O2S. The molecule has 1 amide bonds. The molecule has 22 heavy (non-hydrogen) atoms. The molecule has 0 aliphatic rings. The highest BCUT2D eigenvalue weighted by Crippen LogP contribution is 2.26. The van der Waals surface area contributed by atoms with Crippen LogP contribution in [0.4, 0.5) is 0 Å². The Morgan fingerprint density at radius 1 is 1.36 bits per heavy atom. The first-order chi connectivity index (χ1) is 10.6. The summed E-state index contributed by atoms with van der Waals surface area (Å²) >= 11 is 1.24. The molecule has 0 aliphatic heterocycles. The monoisotopic (exact) mass is 314 g/mol. The van der Waals surface area contributed by atoms with Crippen LogP contribution in [-0.2, 0) is 13.6 Å². The molecule has 0 saturated heterocycles. The highest BCUT2D eigenvalue weighted by molar-refractivity contribution is 7.20. The van der Waals surface area contributed by atoms with Crippen molar-refractivity contribution in [3.63, 3.8) is 0 Å². The third kappa shape index (κ3) is 2.50. The SMILES string of the molecule is Cc1c(C(=O)NCc2ccncc2)sc2ncn(C)c(=O)c12. The van der Waals surface area contributed by atoms with Crippen molar-refractivity contribution in [2.75, 3.05) is 0 Å². The number of rotatable bonds is 3. The molecule has 7 heteroatoms. The summed E-state index contributed by atoms with van der Waals surface area (Å²) in [6.07, 6.45) is 4.83. The molecule has 3 aromatic heterocycles. The number of aromatic nitrogens is 3. The second kappa shape index (κ2) is 5.69. The Labute approximate surface area is 130 Å². The Morgan fingerprint density at radius 2 is 2.09 bits per heavy atom. The van der Waals surface area contributed by atoms with Gasteiger partial charge in [0.1, 0.15) is 4.83 Å². The number of hydrogen-bond acceptors (Lipinski definition) is 5. The summed E-state index contributed by atoms with van der Waals surface area (Å²) in [5, 5.41) is 3.38. The summed E-state index contributed by atoms with van der Waals surface area (Å²) in [7, 11) is 1.65. The first-order valence-corrected chi connectivity index (χ1v) is 7.51. The molecule has 6 nitrogen and oxygen atoms in total. The number of nitrogens with zero attached hydrogens (tertiary/aromatic N) is 3. The number of carbonyl (C=O) groups is 1. The highest BCUT2D eigenvalue weighted by Gasteiger charge is 2.18. The van der Waals surface area contributed by atoms with Gasteiger partial charge in [-0.25, -0.2) is 4.98 Å². The molecule has 112 valence electrons. The molecule has 0 spiro atoms. The molecule has 0 atom stereocenters. The van der Waals surface area contributed by atoms with Crippen LogP contribution in [0.5, 0.6) is 0 Å². The largest absolute Gasteiger partial charge is 0.347 e. The van der Waals surface area contributed by atoms with Crippen molar-refractivity contribution in [3.05, 3.63) is 57.2 Å². The predicted molar refractivity (Wildman–Crippen MR) is 85.0 cm³/mol. The molecule has 0 aromatic carbocycles. The first-order valence-electron chi connectivity index (χ1n) is 6.69. The van der Waals surface area contributed by atoms with Crippen LogP contribution in [0.15, 0.2) is 35.6 Å². The fourth-order valence-corrected chi connectivity index (χ4v) is 3.24. The van der Waals surface area contributed by atoms with Gasteiger partial charge in [-0.05, 0) is 30.2 Å². The van der Waals surface area contributed by atoms with E-state index in [1.807, 2.05) is 12.1 Å². The maximum atomic E-state index is 12.4. The van der Waals surface area contributed by atoms with Gasteiger partial charge in [0.2, 0.25) is 0 Å². The lowest BCUT2D eigenvalue weighted by atomic mass is 10.2. The van der Waals surface area contributed by atoms with Crippen molar-refractivity contribution in [1.82, 2.24) is 19.9 Å². The van der Waals surface area contributed by atoms with E-state index < -0.39 is 0 Å². The maximum absolute atomic E-state index is 12.4. The molecule has 3 aromatic rings. The van der Waals surface area contributed by atoms with Crippen LogP contribution in [0.2, 0.25) is 0 Å². The fraction of sp³-hybridized carbons (Fsp3) is 0.200. The molecule has 0 aliphatic carbocycles. The van der Waals surface area contributed by atoms with Gasteiger partial charge in [0.05, 0.1) is 16.6 Å². The summed E-state index contributed by atoms with van der Waals surface area (Å²) < 4.78 is 1.42. The number of nitrogens with one attached hydrogen (secondary N) is 1. The lowest BCUT2D eigenvalue weighted by molar-refractivity contribution is 0.0954. The van der Waals surface area contributed by atoms with Gasteiger partial charge >= 0.3 is 0 Å². The van der Waals surface area contributed by atoms with Crippen LogP contribution < -0.4 is 10.9 Å². The van der Waals surface area contributed by atoms with Gasteiger partial charge in [0.25, 0.3) is 11.5 Å². The van der Waals surface area contributed by atoms with E-state index in [-0.39, 0.29) is 11.5 Å². The smallest absolute Gasteiger partial charge is 0.262 e. The number of carbonyl (C=O) groups excluding carboxylic acids is 1. The number of amides is 1. The van der Waals surface area contributed by atoms with Crippen LogP contribution >= 0.6 is 11.3 Å². The normalized spacial score (nSPS) is 10.8. The van der Waals surface area contributed by atoms with Crippen LogP contribution in [0.1, 0.15) is 20.8 Å². The van der Waals surface area contributed by atoms with E-state index in [2.05, 4.69) is 15.3 Å². The van der Waals surface area contributed by atoms with Crippen LogP contribution in [0.25, 0.3) is 10.2 Å². The van der Waals surface area contributed by atoms with Gasteiger partial charge in [-0.2, -0.15) is 0 Å². The van der Waals surface area contributed by atoms with E-state index in [4.69, 9.17) is 0 Å². The lowest BCUT2D eigenvalue weighted by Crippen LogP contribution is -2.22. The third-order valence-electron chi connectivity index (χ3n) is 3.42. The Bertz CT molecular complexity index is 899. The number of fused-ring (bicyclic) bond motifs is 1. The maximum Gasteiger partial charge on any atom is 0.262 e.